The first-order chi connectivity index (χ1) is 11.4. The third-order valence-corrected chi connectivity index (χ3v) is 4.71. The van der Waals surface area contributed by atoms with Crippen LogP contribution in [0.4, 0.5) is 5.82 Å². The molecule has 0 aliphatic heterocycles. The highest BCUT2D eigenvalue weighted by molar-refractivity contribution is 7.99. The number of anilines is 1. The van der Waals surface area contributed by atoms with Gasteiger partial charge in [0.1, 0.15) is 11.9 Å². The lowest BCUT2D eigenvalue weighted by Crippen LogP contribution is -2.40. The molecule has 0 aliphatic rings. The number of thioether (sulfide) groups is 1. The van der Waals surface area contributed by atoms with Gasteiger partial charge in [-0.2, -0.15) is 5.26 Å². The molecule has 0 spiro atoms. The van der Waals surface area contributed by atoms with Crippen LogP contribution in [0.1, 0.15) is 31.0 Å². The second-order valence-corrected chi connectivity index (χ2v) is 6.75. The van der Waals surface area contributed by atoms with Crippen molar-refractivity contribution in [1.82, 2.24) is 9.13 Å². The molecule has 1 aromatic carbocycles. The van der Waals surface area contributed by atoms with Crippen molar-refractivity contribution < 1.29 is 0 Å². The minimum absolute atomic E-state index is 0.0652. The molecule has 126 valence electrons. The fourth-order valence-electron chi connectivity index (χ4n) is 2.42. The zero-order valence-electron chi connectivity index (χ0n) is 14.2. The maximum absolute atomic E-state index is 12.1. The van der Waals surface area contributed by atoms with Gasteiger partial charge >= 0.3 is 5.69 Å². The van der Waals surface area contributed by atoms with E-state index in [0.717, 1.165) is 15.9 Å². The largest absolute Gasteiger partial charge is 0.364 e. The molecule has 0 fully saturated rings. The Balaban J connectivity index is 2.39. The van der Waals surface area contributed by atoms with Crippen molar-refractivity contribution in [3.63, 3.8) is 0 Å². The molecule has 0 radical (unpaired) electrons. The van der Waals surface area contributed by atoms with Crippen LogP contribution in [0.25, 0.3) is 0 Å². The molecule has 7 heteroatoms. The molecule has 1 heterocycles. The van der Waals surface area contributed by atoms with Gasteiger partial charge in [0.25, 0.3) is 5.56 Å². The number of rotatable bonds is 5. The van der Waals surface area contributed by atoms with Gasteiger partial charge in [-0.3, -0.25) is 13.9 Å². The highest BCUT2D eigenvalue weighted by Crippen LogP contribution is 2.23. The lowest BCUT2D eigenvalue weighted by molar-refractivity contribution is 0.678. The summed E-state index contributed by atoms with van der Waals surface area (Å²) in [4.78, 5) is 25.4. The number of hydrogen-bond acceptors (Lipinski definition) is 5. The summed E-state index contributed by atoms with van der Waals surface area (Å²) in [6, 6.07) is 9.82. The highest BCUT2D eigenvalue weighted by Gasteiger charge is 2.17. The SMILES string of the molecule is CCSc1ccc(C(C)Nc2c(C#N)c(=O)n(C)c(=O)n2C)cc1. The molecule has 0 saturated heterocycles. The van der Waals surface area contributed by atoms with Crippen molar-refractivity contribution in [1.29, 1.82) is 5.26 Å². The van der Waals surface area contributed by atoms with E-state index >= 15 is 0 Å². The van der Waals surface area contributed by atoms with Crippen molar-refractivity contribution in [2.24, 2.45) is 14.1 Å². The maximum atomic E-state index is 12.1. The van der Waals surface area contributed by atoms with Crippen molar-refractivity contribution in [2.45, 2.75) is 24.8 Å². The molecular formula is C17H20N4O2S. The van der Waals surface area contributed by atoms with E-state index in [1.54, 1.807) is 18.8 Å². The summed E-state index contributed by atoms with van der Waals surface area (Å²) in [7, 11) is 2.90. The van der Waals surface area contributed by atoms with E-state index in [4.69, 9.17) is 0 Å². The zero-order valence-corrected chi connectivity index (χ0v) is 15.0. The van der Waals surface area contributed by atoms with Crippen LogP contribution >= 0.6 is 11.8 Å². The monoisotopic (exact) mass is 344 g/mol. The second-order valence-electron chi connectivity index (χ2n) is 5.41. The first-order valence-corrected chi connectivity index (χ1v) is 8.58. The standard InChI is InChI=1S/C17H20N4O2S/c1-5-24-13-8-6-12(7-9-13)11(2)19-15-14(10-18)16(22)21(4)17(23)20(15)3/h6-9,11,19H,5H2,1-4H3. The van der Waals surface area contributed by atoms with E-state index in [1.165, 1.54) is 16.5 Å². The lowest BCUT2D eigenvalue weighted by Gasteiger charge is -2.19. The van der Waals surface area contributed by atoms with Crippen molar-refractivity contribution in [3.8, 4) is 6.07 Å². The van der Waals surface area contributed by atoms with Gasteiger partial charge in [-0.1, -0.05) is 19.1 Å². The van der Waals surface area contributed by atoms with E-state index in [0.29, 0.717) is 0 Å². The minimum Gasteiger partial charge on any atom is -0.364 e. The van der Waals surface area contributed by atoms with Gasteiger partial charge in [0.05, 0.1) is 0 Å². The van der Waals surface area contributed by atoms with E-state index in [9.17, 15) is 14.9 Å². The topological polar surface area (TPSA) is 79.8 Å². The molecule has 24 heavy (non-hydrogen) atoms. The third kappa shape index (κ3) is 3.39. The number of nitriles is 1. The average Bonchev–Trinajstić information content (AvgIpc) is 2.59. The number of benzene rings is 1. The minimum atomic E-state index is -0.593. The van der Waals surface area contributed by atoms with Gasteiger partial charge in [-0.15, -0.1) is 11.8 Å². The Morgan fingerprint density at radius 1 is 1.21 bits per heavy atom. The molecule has 2 rings (SSSR count). The van der Waals surface area contributed by atoms with Gasteiger partial charge in [0.15, 0.2) is 5.56 Å². The number of hydrogen-bond donors (Lipinski definition) is 1. The molecule has 0 bridgehead atoms. The second kappa shape index (κ2) is 7.41. The normalized spacial score (nSPS) is 11.8. The Labute approximate surface area is 144 Å². The molecule has 0 amide bonds. The first-order valence-electron chi connectivity index (χ1n) is 7.60. The number of aromatic nitrogens is 2. The summed E-state index contributed by atoms with van der Waals surface area (Å²) < 4.78 is 2.23. The van der Waals surface area contributed by atoms with Crippen molar-refractivity contribution in [2.75, 3.05) is 11.1 Å². The summed E-state index contributed by atoms with van der Waals surface area (Å²) in [6.07, 6.45) is 0. The quantitative estimate of drug-likeness (QED) is 0.842. The van der Waals surface area contributed by atoms with E-state index in [-0.39, 0.29) is 17.4 Å². The maximum Gasteiger partial charge on any atom is 0.332 e. The Morgan fingerprint density at radius 3 is 2.38 bits per heavy atom. The Morgan fingerprint density at radius 2 is 1.83 bits per heavy atom. The van der Waals surface area contributed by atoms with Crippen molar-refractivity contribution >= 4 is 17.6 Å². The fourth-order valence-corrected chi connectivity index (χ4v) is 3.08. The summed E-state index contributed by atoms with van der Waals surface area (Å²) in [5.74, 6) is 1.25. The predicted octanol–water partition coefficient (Wildman–Crippen LogP) is 2.24. The number of nitrogens with one attached hydrogen (secondary N) is 1. The molecule has 0 saturated carbocycles. The lowest BCUT2D eigenvalue weighted by atomic mass is 10.1. The Hall–Kier alpha value is -2.46. The first kappa shape index (κ1) is 17.9. The fraction of sp³-hybridized carbons (Fsp3) is 0.353. The molecule has 1 unspecified atom stereocenters. The average molecular weight is 344 g/mol. The van der Waals surface area contributed by atoms with Crippen LogP contribution in [0, 0.1) is 11.3 Å². The van der Waals surface area contributed by atoms with Crippen LogP contribution in [0.15, 0.2) is 38.8 Å². The van der Waals surface area contributed by atoms with E-state index in [2.05, 4.69) is 12.2 Å². The molecule has 1 N–H and O–H groups in total. The van der Waals surface area contributed by atoms with Gasteiger partial charge < -0.3 is 5.32 Å². The van der Waals surface area contributed by atoms with Crippen LogP contribution < -0.4 is 16.6 Å². The molecule has 1 atom stereocenters. The summed E-state index contributed by atoms with van der Waals surface area (Å²) >= 11 is 1.76. The Bertz CT molecular complexity index is 891. The van der Waals surface area contributed by atoms with Crippen LogP contribution in [0.5, 0.6) is 0 Å². The van der Waals surface area contributed by atoms with E-state index < -0.39 is 11.2 Å². The smallest absolute Gasteiger partial charge is 0.332 e. The highest BCUT2D eigenvalue weighted by atomic mass is 32.2. The zero-order chi connectivity index (χ0) is 17.9. The summed E-state index contributed by atoms with van der Waals surface area (Å²) in [5, 5.41) is 12.4. The molecule has 1 aromatic heterocycles. The van der Waals surface area contributed by atoms with Crippen LogP contribution in [-0.4, -0.2) is 14.9 Å². The van der Waals surface area contributed by atoms with E-state index in [1.807, 2.05) is 37.3 Å². The van der Waals surface area contributed by atoms with Crippen LogP contribution in [0.2, 0.25) is 0 Å². The van der Waals surface area contributed by atoms with Gasteiger partial charge in [0.2, 0.25) is 0 Å². The van der Waals surface area contributed by atoms with Crippen LogP contribution in [-0.2, 0) is 14.1 Å². The van der Waals surface area contributed by atoms with Crippen LogP contribution in [0.3, 0.4) is 0 Å². The third-order valence-electron chi connectivity index (χ3n) is 3.82. The summed E-state index contributed by atoms with van der Waals surface area (Å²) in [6.45, 7) is 4.02. The summed E-state index contributed by atoms with van der Waals surface area (Å²) in [5.41, 5.74) is -0.120. The molecular weight excluding hydrogens is 324 g/mol. The Kier molecular flexibility index (Phi) is 5.52. The predicted molar refractivity (Wildman–Crippen MR) is 96.5 cm³/mol. The van der Waals surface area contributed by atoms with Gasteiger partial charge in [0, 0.05) is 25.0 Å². The molecule has 0 aliphatic carbocycles. The van der Waals surface area contributed by atoms with Gasteiger partial charge in [-0.05, 0) is 30.4 Å². The number of nitrogens with zero attached hydrogens (tertiary/aromatic N) is 3. The van der Waals surface area contributed by atoms with Gasteiger partial charge in [-0.25, -0.2) is 4.79 Å². The molecule has 6 nitrogen and oxygen atoms in total. The van der Waals surface area contributed by atoms with Crippen molar-refractivity contribution in [3.05, 3.63) is 56.2 Å². The molecule has 2 aromatic rings.